The molecular formula is C16H19N5O. The summed E-state index contributed by atoms with van der Waals surface area (Å²) in [5, 5.41) is 8.36. The molecule has 0 spiro atoms. The summed E-state index contributed by atoms with van der Waals surface area (Å²) in [6, 6.07) is 10.4. The van der Waals surface area contributed by atoms with Crippen LogP contribution in [0.3, 0.4) is 0 Å². The highest BCUT2D eigenvalue weighted by Crippen LogP contribution is 2.20. The molecule has 0 N–H and O–H groups in total. The molecule has 22 heavy (non-hydrogen) atoms. The lowest BCUT2D eigenvalue weighted by Gasteiger charge is -2.16. The Morgan fingerprint density at radius 3 is 2.68 bits per heavy atom. The molecule has 0 saturated carbocycles. The van der Waals surface area contributed by atoms with Crippen molar-refractivity contribution >= 4 is 6.01 Å². The maximum atomic E-state index is 5.42. The molecule has 0 fully saturated rings. The van der Waals surface area contributed by atoms with Gasteiger partial charge >= 0.3 is 6.01 Å². The predicted molar refractivity (Wildman–Crippen MR) is 84.4 cm³/mol. The standard InChI is InChI=1S/C16H19N5O/c1-3-20(11-13-10-17-21(4-2)12-13)16-18-15(19-22-16)14-8-6-5-7-9-14/h5-10,12H,3-4,11H2,1-2H3. The van der Waals surface area contributed by atoms with Gasteiger partial charge in [-0.25, -0.2) is 0 Å². The van der Waals surface area contributed by atoms with E-state index in [1.807, 2.05) is 52.3 Å². The highest BCUT2D eigenvalue weighted by molar-refractivity contribution is 5.55. The minimum Gasteiger partial charge on any atom is -0.320 e. The highest BCUT2D eigenvalue weighted by Gasteiger charge is 2.15. The van der Waals surface area contributed by atoms with Crippen molar-refractivity contribution in [2.45, 2.75) is 26.9 Å². The molecule has 0 aliphatic carbocycles. The van der Waals surface area contributed by atoms with Gasteiger partial charge in [-0.1, -0.05) is 35.5 Å². The first-order valence-electron chi connectivity index (χ1n) is 7.45. The molecule has 0 unspecified atom stereocenters. The van der Waals surface area contributed by atoms with Gasteiger partial charge in [0.15, 0.2) is 0 Å². The van der Waals surface area contributed by atoms with Crippen LogP contribution in [-0.2, 0) is 13.1 Å². The molecule has 2 aromatic heterocycles. The van der Waals surface area contributed by atoms with E-state index in [2.05, 4.69) is 29.1 Å². The van der Waals surface area contributed by atoms with Gasteiger partial charge < -0.3 is 9.42 Å². The normalized spacial score (nSPS) is 10.8. The van der Waals surface area contributed by atoms with Gasteiger partial charge in [0.25, 0.3) is 0 Å². The fourth-order valence-electron chi connectivity index (χ4n) is 2.24. The second kappa shape index (κ2) is 6.43. The number of hydrogen-bond acceptors (Lipinski definition) is 5. The molecular weight excluding hydrogens is 278 g/mol. The third-order valence-electron chi connectivity index (χ3n) is 3.48. The van der Waals surface area contributed by atoms with Crippen molar-refractivity contribution in [2.24, 2.45) is 0 Å². The lowest BCUT2D eigenvalue weighted by molar-refractivity contribution is 0.414. The van der Waals surface area contributed by atoms with E-state index >= 15 is 0 Å². The van der Waals surface area contributed by atoms with Crippen molar-refractivity contribution in [1.82, 2.24) is 19.9 Å². The second-order valence-electron chi connectivity index (χ2n) is 4.99. The number of aromatic nitrogens is 4. The van der Waals surface area contributed by atoms with Crippen molar-refractivity contribution in [1.29, 1.82) is 0 Å². The van der Waals surface area contributed by atoms with E-state index in [1.165, 1.54) is 0 Å². The van der Waals surface area contributed by atoms with Crippen LogP contribution in [0, 0.1) is 0 Å². The first-order valence-corrected chi connectivity index (χ1v) is 7.45. The molecule has 6 nitrogen and oxygen atoms in total. The lowest BCUT2D eigenvalue weighted by atomic mass is 10.2. The summed E-state index contributed by atoms with van der Waals surface area (Å²) in [7, 11) is 0. The molecule has 0 radical (unpaired) electrons. The summed E-state index contributed by atoms with van der Waals surface area (Å²) in [6.07, 6.45) is 3.91. The van der Waals surface area contributed by atoms with Crippen LogP contribution in [0.5, 0.6) is 0 Å². The van der Waals surface area contributed by atoms with Crippen LogP contribution in [0.4, 0.5) is 6.01 Å². The van der Waals surface area contributed by atoms with Crippen LogP contribution < -0.4 is 4.90 Å². The van der Waals surface area contributed by atoms with E-state index in [0.717, 1.165) is 24.2 Å². The largest absolute Gasteiger partial charge is 0.324 e. The number of hydrogen-bond donors (Lipinski definition) is 0. The fraction of sp³-hybridized carbons (Fsp3) is 0.312. The van der Waals surface area contributed by atoms with E-state index in [0.29, 0.717) is 18.4 Å². The first-order chi connectivity index (χ1) is 10.8. The molecule has 1 aromatic carbocycles. The minimum atomic E-state index is 0.533. The first kappa shape index (κ1) is 14.3. The van der Waals surface area contributed by atoms with Crippen LogP contribution in [0.25, 0.3) is 11.4 Å². The molecule has 0 saturated heterocycles. The van der Waals surface area contributed by atoms with Gasteiger partial charge in [-0.15, -0.1) is 0 Å². The van der Waals surface area contributed by atoms with Crippen molar-refractivity contribution in [2.75, 3.05) is 11.4 Å². The van der Waals surface area contributed by atoms with Crippen LogP contribution in [0.1, 0.15) is 19.4 Å². The Kier molecular flexibility index (Phi) is 4.18. The molecule has 0 bridgehead atoms. The Bertz CT molecular complexity index is 719. The summed E-state index contributed by atoms with van der Waals surface area (Å²) in [5.74, 6) is 0.610. The Hall–Kier alpha value is -2.63. The zero-order valence-corrected chi connectivity index (χ0v) is 12.8. The summed E-state index contributed by atoms with van der Waals surface area (Å²) < 4.78 is 7.32. The summed E-state index contributed by atoms with van der Waals surface area (Å²) >= 11 is 0. The maximum absolute atomic E-state index is 5.42. The van der Waals surface area contributed by atoms with Gasteiger partial charge in [-0.05, 0) is 13.8 Å². The predicted octanol–water partition coefficient (Wildman–Crippen LogP) is 2.98. The topological polar surface area (TPSA) is 60.0 Å². The smallest absolute Gasteiger partial charge is 0.320 e. The van der Waals surface area contributed by atoms with E-state index < -0.39 is 0 Å². The summed E-state index contributed by atoms with van der Waals surface area (Å²) in [4.78, 5) is 6.53. The Morgan fingerprint density at radius 1 is 1.18 bits per heavy atom. The molecule has 6 heteroatoms. The molecule has 3 aromatic rings. The average molecular weight is 297 g/mol. The summed E-state index contributed by atoms with van der Waals surface area (Å²) in [5.41, 5.74) is 2.08. The Morgan fingerprint density at radius 2 is 2.00 bits per heavy atom. The molecule has 2 heterocycles. The monoisotopic (exact) mass is 297 g/mol. The zero-order valence-electron chi connectivity index (χ0n) is 12.8. The van der Waals surface area contributed by atoms with Gasteiger partial charge in [-0.2, -0.15) is 10.1 Å². The Balaban J connectivity index is 1.78. The van der Waals surface area contributed by atoms with Crippen LogP contribution in [0.2, 0.25) is 0 Å². The number of nitrogens with zero attached hydrogens (tertiary/aromatic N) is 5. The highest BCUT2D eigenvalue weighted by atomic mass is 16.5. The maximum Gasteiger partial charge on any atom is 0.324 e. The molecule has 0 amide bonds. The molecule has 114 valence electrons. The van der Waals surface area contributed by atoms with Crippen molar-refractivity contribution in [3.63, 3.8) is 0 Å². The van der Waals surface area contributed by atoms with Crippen molar-refractivity contribution in [3.8, 4) is 11.4 Å². The molecule has 3 rings (SSSR count). The summed E-state index contributed by atoms with van der Waals surface area (Å²) in [6.45, 7) is 6.49. The number of rotatable bonds is 6. The molecule has 0 aliphatic rings. The SMILES string of the molecule is CCN(Cc1cnn(CC)c1)c1nc(-c2ccccc2)no1. The van der Waals surface area contributed by atoms with Crippen molar-refractivity contribution in [3.05, 3.63) is 48.3 Å². The Labute approximate surface area is 129 Å². The van der Waals surface area contributed by atoms with Crippen molar-refractivity contribution < 1.29 is 4.52 Å². The van der Waals surface area contributed by atoms with Crippen LogP contribution in [0.15, 0.2) is 47.2 Å². The number of anilines is 1. The second-order valence-corrected chi connectivity index (χ2v) is 4.99. The third-order valence-corrected chi connectivity index (χ3v) is 3.48. The zero-order chi connectivity index (χ0) is 15.4. The quantitative estimate of drug-likeness (QED) is 0.700. The van der Waals surface area contributed by atoms with Gasteiger partial charge in [-0.3, -0.25) is 4.68 Å². The van der Waals surface area contributed by atoms with E-state index in [9.17, 15) is 0 Å². The van der Waals surface area contributed by atoms with E-state index in [4.69, 9.17) is 4.52 Å². The van der Waals surface area contributed by atoms with Gasteiger partial charge in [0.1, 0.15) is 0 Å². The van der Waals surface area contributed by atoms with Gasteiger partial charge in [0, 0.05) is 30.4 Å². The van der Waals surface area contributed by atoms with Crippen LogP contribution >= 0.6 is 0 Å². The van der Waals surface area contributed by atoms with Crippen LogP contribution in [-0.4, -0.2) is 26.5 Å². The average Bonchev–Trinajstić information content (AvgIpc) is 3.22. The van der Waals surface area contributed by atoms with Gasteiger partial charge in [0.05, 0.1) is 12.7 Å². The minimum absolute atomic E-state index is 0.533. The molecule has 0 aliphatic heterocycles. The van der Waals surface area contributed by atoms with E-state index in [1.54, 1.807) is 0 Å². The lowest BCUT2D eigenvalue weighted by Crippen LogP contribution is -2.22. The fourth-order valence-corrected chi connectivity index (χ4v) is 2.24. The van der Waals surface area contributed by atoms with E-state index in [-0.39, 0.29) is 0 Å². The third kappa shape index (κ3) is 3.00. The van der Waals surface area contributed by atoms with Gasteiger partial charge in [0.2, 0.25) is 5.82 Å². The number of aryl methyl sites for hydroxylation is 1. The molecule has 0 atom stereocenters. The number of benzene rings is 1.